The fourth-order valence-corrected chi connectivity index (χ4v) is 6.54. The van der Waals surface area contributed by atoms with E-state index in [9.17, 15) is 13.2 Å². The van der Waals surface area contributed by atoms with Crippen LogP contribution in [0.15, 0.2) is 71.6 Å². The number of nitrogens with one attached hydrogen (secondary N) is 1. The number of hydrogen-bond acceptors (Lipinski definition) is 4. The van der Waals surface area contributed by atoms with Gasteiger partial charge in [-0.2, -0.15) is 0 Å². The SMILES string of the molecule is CC[C@H](NC(=O)[C@@H]1CN(S(=O)(=O)c2ccc(C)cc2)c2ccccc2O1)c1ccc2c(c1)CCCC2. The van der Waals surface area contributed by atoms with Crippen LogP contribution in [0.4, 0.5) is 5.69 Å². The maximum absolute atomic E-state index is 13.6. The van der Waals surface area contributed by atoms with Gasteiger partial charge in [-0.3, -0.25) is 9.10 Å². The van der Waals surface area contributed by atoms with E-state index < -0.39 is 16.1 Å². The number of nitrogens with zero attached hydrogens (tertiary/aromatic N) is 1. The molecule has 1 amide bonds. The Morgan fingerprint density at radius 2 is 1.75 bits per heavy atom. The molecule has 1 heterocycles. The van der Waals surface area contributed by atoms with Gasteiger partial charge in [0.2, 0.25) is 0 Å². The van der Waals surface area contributed by atoms with Gasteiger partial charge in [0.1, 0.15) is 5.75 Å². The van der Waals surface area contributed by atoms with E-state index in [1.807, 2.05) is 13.8 Å². The van der Waals surface area contributed by atoms with Gasteiger partial charge in [0.15, 0.2) is 6.10 Å². The molecule has 36 heavy (non-hydrogen) atoms. The van der Waals surface area contributed by atoms with Gasteiger partial charge in [-0.1, -0.05) is 55.0 Å². The van der Waals surface area contributed by atoms with Crippen LogP contribution >= 0.6 is 0 Å². The van der Waals surface area contributed by atoms with E-state index in [0.29, 0.717) is 11.4 Å². The van der Waals surface area contributed by atoms with Crippen molar-refractivity contribution < 1.29 is 17.9 Å². The van der Waals surface area contributed by atoms with Gasteiger partial charge in [-0.25, -0.2) is 8.42 Å². The zero-order valence-electron chi connectivity index (χ0n) is 20.7. The lowest BCUT2D eigenvalue weighted by Crippen LogP contribution is -2.51. The van der Waals surface area contributed by atoms with E-state index in [4.69, 9.17) is 4.74 Å². The first kappa shape index (κ1) is 24.4. The van der Waals surface area contributed by atoms with Crippen molar-refractivity contribution >= 4 is 21.6 Å². The van der Waals surface area contributed by atoms with Crippen LogP contribution in [0, 0.1) is 6.92 Å². The van der Waals surface area contributed by atoms with Crippen LogP contribution in [0.3, 0.4) is 0 Å². The molecule has 0 radical (unpaired) electrons. The van der Waals surface area contributed by atoms with Crippen molar-refractivity contribution in [1.82, 2.24) is 5.32 Å². The van der Waals surface area contributed by atoms with E-state index in [-0.39, 0.29) is 23.4 Å². The first-order chi connectivity index (χ1) is 17.4. The number of anilines is 1. The smallest absolute Gasteiger partial charge is 0.264 e. The summed E-state index contributed by atoms with van der Waals surface area (Å²) in [6.45, 7) is 3.85. The van der Waals surface area contributed by atoms with Crippen LogP contribution in [0.5, 0.6) is 5.75 Å². The Morgan fingerprint density at radius 3 is 2.50 bits per heavy atom. The number of ether oxygens (including phenoxy) is 1. The highest BCUT2D eigenvalue weighted by molar-refractivity contribution is 7.92. The molecular weight excluding hydrogens is 472 g/mol. The molecule has 2 atom stereocenters. The van der Waals surface area contributed by atoms with E-state index in [1.165, 1.54) is 28.3 Å². The second kappa shape index (κ2) is 9.97. The molecule has 2 aliphatic rings. The minimum absolute atomic E-state index is 0.0975. The molecule has 0 spiro atoms. The molecule has 188 valence electrons. The molecule has 0 aromatic heterocycles. The van der Waals surface area contributed by atoms with Gasteiger partial charge in [0, 0.05) is 0 Å². The summed E-state index contributed by atoms with van der Waals surface area (Å²) in [6.07, 6.45) is 4.36. The van der Waals surface area contributed by atoms with Gasteiger partial charge in [-0.05, 0) is 80.0 Å². The highest BCUT2D eigenvalue weighted by Gasteiger charge is 2.38. The van der Waals surface area contributed by atoms with Crippen molar-refractivity contribution in [2.24, 2.45) is 0 Å². The molecule has 3 aromatic carbocycles. The van der Waals surface area contributed by atoms with E-state index in [0.717, 1.165) is 30.4 Å². The van der Waals surface area contributed by atoms with Crippen molar-refractivity contribution in [2.45, 2.75) is 63.0 Å². The maximum atomic E-state index is 13.6. The Labute approximate surface area is 213 Å². The topological polar surface area (TPSA) is 75.7 Å². The fraction of sp³-hybridized carbons (Fsp3) is 0.345. The Kier molecular flexibility index (Phi) is 6.75. The molecule has 0 saturated heterocycles. The van der Waals surface area contributed by atoms with Crippen LogP contribution in [0.25, 0.3) is 0 Å². The normalized spacial score (nSPS) is 17.9. The zero-order valence-corrected chi connectivity index (χ0v) is 21.6. The second-order valence-corrected chi connectivity index (χ2v) is 11.5. The third kappa shape index (κ3) is 4.72. The summed E-state index contributed by atoms with van der Waals surface area (Å²) in [5.41, 5.74) is 5.25. The lowest BCUT2D eigenvalue weighted by molar-refractivity contribution is -0.128. The zero-order chi connectivity index (χ0) is 25.3. The van der Waals surface area contributed by atoms with Crippen molar-refractivity contribution in [3.05, 3.63) is 89.0 Å². The van der Waals surface area contributed by atoms with Gasteiger partial charge >= 0.3 is 0 Å². The summed E-state index contributed by atoms with van der Waals surface area (Å²) in [5, 5.41) is 3.12. The summed E-state index contributed by atoms with van der Waals surface area (Å²) in [6, 6.07) is 20.0. The lowest BCUT2D eigenvalue weighted by atomic mass is 9.88. The highest BCUT2D eigenvalue weighted by atomic mass is 32.2. The fourth-order valence-electron chi connectivity index (χ4n) is 5.06. The van der Waals surface area contributed by atoms with E-state index >= 15 is 0 Å². The Morgan fingerprint density at radius 1 is 1.03 bits per heavy atom. The van der Waals surface area contributed by atoms with E-state index in [1.54, 1.807) is 48.5 Å². The summed E-state index contributed by atoms with van der Waals surface area (Å²) in [4.78, 5) is 13.6. The molecule has 6 nitrogen and oxygen atoms in total. The first-order valence-electron chi connectivity index (χ1n) is 12.6. The minimum atomic E-state index is -3.88. The number of carbonyl (C=O) groups is 1. The van der Waals surface area contributed by atoms with Gasteiger partial charge in [0.05, 0.1) is 23.2 Å². The number of hydrogen-bond donors (Lipinski definition) is 1. The minimum Gasteiger partial charge on any atom is -0.476 e. The van der Waals surface area contributed by atoms with Crippen molar-refractivity contribution in [3.63, 3.8) is 0 Å². The molecule has 5 rings (SSSR count). The molecular formula is C29H32N2O4S. The number of carbonyl (C=O) groups excluding carboxylic acids is 1. The largest absolute Gasteiger partial charge is 0.476 e. The van der Waals surface area contributed by atoms with Crippen LogP contribution in [0.2, 0.25) is 0 Å². The molecule has 0 unspecified atom stereocenters. The van der Waals surface area contributed by atoms with Gasteiger partial charge in [0.25, 0.3) is 15.9 Å². The number of sulfonamides is 1. The summed E-state index contributed by atoms with van der Waals surface area (Å²) >= 11 is 0. The van der Waals surface area contributed by atoms with Gasteiger partial charge in [-0.15, -0.1) is 0 Å². The molecule has 0 bridgehead atoms. The maximum Gasteiger partial charge on any atom is 0.264 e. The molecule has 1 aliphatic heterocycles. The predicted molar refractivity (Wildman–Crippen MR) is 141 cm³/mol. The quantitative estimate of drug-likeness (QED) is 0.507. The number of benzene rings is 3. The lowest BCUT2D eigenvalue weighted by Gasteiger charge is -2.35. The number of rotatable bonds is 6. The average Bonchev–Trinajstić information content (AvgIpc) is 2.90. The van der Waals surface area contributed by atoms with Crippen molar-refractivity contribution in [1.29, 1.82) is 0 Å². The molecule has 1 N–H and O–H groups in total. The molecule has 3 aromatic rings. The third-order valence-corrected chi connectivity index (χ3v) is 8.93. The Hall–Kier alpha value is -3.32. The highest BCUT2D eigenvalue weighted by Crippen LogP contribution is 2.37. The molecule has 0 fully saturated rings. The predicted octanol–water partition coefficient (Wildman–Crippen LogP) is 5.10. The van der Waals surface area contributed by atoms with E-state index in [2.05, 4.69) is 23.5 Å². The molecule has 0 saturated carbocycles. The van der Waals surface area contributed by atoms with Crippen LogP contribution in [-0.2, 0) is 27.7 Å². The number of aryl methyl sites for hydroxylation is 3. The monoisotopic (exact) mass is 504 g/mol. The summed E-state index contributed by atoms with van der Waals surface area (Å²) in [5.74, 6) is 0.0552. The second-order valence-electron chi connectivity index (χ2n) is 9.63. The van der Waals surface area contributed by atoms with Crippen LogP contribution in [-0.4, -0.2) is 27.0 Å². The summed E-state index contributed by atoms with van der Waals surface area (Å²) in [7, 11) is -3.88. The number of para-hydroxylation sites is 2. The molecule has 7 heteroatoms. The van der Waals surface area contributed by atoms with Crippen LogP contribution < -0.4 is 14.4 Å². The average molecular weight is 505 g/mol. The molecule has 1 aliphatic carbocycles. The van der Waals surface area contributed by atoms with Crippen molar-refractivity contribution in [2.75, 3.05) is 10.8 Å². The Bertz CT molecular complexity index is 1370. The van der Waals surface area contributed by atoms with Gasteiger partial charge < -0.3 is 10.1 Å². The number of fused-ring (bicyclic) bond motifs is 2. The number of amides is 1. The standard InChI is InChI=1S/C29H32N2O4S/c1-3-25(23-15-14-21-8-4-5-9-22(21)18-23)30-29(32)28-19-31(26-10-6-7-11-27(26)35-28)36(33,34)24-16-12-20(2)13-17-24/h6-7,10-18,25,28H,3-5,8-9,19H2,1-2H3,(H,30,32)/t25-,28-/m0/s1. The van der Waals surface area contributed by atoms with Crippen LogP contribution in [0.1, 0.15) is 54.5 Å². The van der Waals surface area contributed by atoms with Crippen molar-refractivity contribution in [3.8, 4) is 5.75 Å². The Balaban J connectivity index is 1.40. The first-order valence-corrected chi connectivity index (χ1v) is 14.1. The summed E-state index contributed by atoms with van der Waals surface area (Å²) < 4.78 is 34.5. The third-order valence-electron chi connectivity index (χ3n) is 7.14.